The molecule has 1 nitrogen and oxygen atoms in total. The van der Waals surface area contributed by atoms with Gasteiger partial charge in [0.2, 0.25) is 0 Å². The lowest BCUT2D eigenvalue weighted by Crippen LogP contribution is -2.17. The van der Waals surface area contributed by atoms with Gasteiger partial charge in [-0.15, -0.1) is 11.8 Å². The van der Waals surface area contributed by atoms with Gasteiger partial charge in [-0.3, -0.25) is 0 Å². The monoisotopic (exact) mass is 219 g/mol. The zero-order valence-corrected chi connectivity index (χ0v) is 8.61. The van der Waals surface area contributed by atoms with E-state index >= 15 is 0 Å². The molecule has 72 valence electrons. The number of halogens is 2. The summed E-state index contributed by atoms with van der Waals surface area (Å²) in [5, 5.41) is 0.694. The Morgan fingerprint density at radius 1 is 1.38 bits per heavy atom. The van der Waals surface area contributed by atoms with Gasteiger partial charge in [-0.25, -0.2) is 4.39 Å². The van der Waals surface area contributed by atoms with E-state index in [2.05, 4.69) is 0 Å². The summed E-state index contributed by atoms with van der Waals surface area (Å²) in [6.45, 7) is 0.0839. The van der Waals surface area contributed by atoms with Crippen LogP contribution in [-0.4, -0.2) is 18.5 Å². The van der Waals surface area contributed by atoms with Crippen LogP contribution in [0.25, 0.3) is 0 Å². The van der Waals surface area contributed by atoms with Crippen LogP contribution in [0.3, 0.4) is 0 Å². The van der Waals surface area contributed by atoms with Gasteiger partial charge in [0.15, 0.2) is 0 Å². The van der Waals surface area contributed by atoms with Gasteiger partial charge in [-0.05, 0) is 24.3 Å². The third-order valence-corrected chi connectivity index (χ3v) is 2.89. The molecular weight excluding hydrogens is 209 g/mol. The minimum absolute atomic E-state index is 0.0839. The Balaban J connectivity index is 2.41. The Kier molecular flexibility index (Phi) is 4.56. The standard InChI is InChI=1S/C9H11ClFNS/c10-7-1-3-9(4-2-7)13-6-8(11)5-12/h1-4,8H,5-6,12H2. The zero-order chi connectivity index (χ0) is 9.68. The van der Waals surface area contributed by atoms with E-state index < -0.39 is 6.17 Å². The molecule has 0 aliphatic heterocycles. The predicted molar refractivity (Wildman–Crippen MR) is 56.1 cm³/mol. The molecule has 13 heavy (non-hydrogen) atoms. The molecule has 0 saturated heterocycles. The summed E-state index contributed by atoms with van der Waals surface area (Å²) in [7, 11) is 0. The highest BCUT2D eigenvalue weighted by Gasteiger charge is 2.03. The van der Waals surface area contributed by atoms with Gasteiger partial charge in [-0.1, -0.05) is 11.6 Å². The Bertz CT molecular complexity index is 252. The lowest BCUT2D eigenvalue weighted by molar-refractivity contribution is 0.376. The lowest BCUT2D eigenvalue weighted by atomic mass is 10.4. The molecule has 1 atom stereocenters. The van der Waals surface area contributed by atoms with Crippen LogP contribution in [0.15, 0.2) is 29.2 Å². The molecule has 1 aromatic rings. The quantitative estimate of drug-likeness (QED) is 0.789. The maximum atomic E-state index is 12.7. The van der Waals surface area contributed by atoms with Crippen LogP contribution < -0.4 is 5.73 Å². The molecule has 0 aliphatic carbocycles. The van der Waals surface area contributed by atoms with Crippen molar-refractivity contribution in [3.05, 3.63) is 29.3 Å². The molecule has 0 saturated carbocycles. The molecular formula is C9H11ClFNS. The number of nitrogens with two attached hydrogens (primary N) is 1. The summed E-state index contributed by atoms with van der Waals surface area (Å²) in [5.41, 5.74) is 5.15. The predicted octanol–water partition coefficient (Wildman–Crippen LogP) is 2.73. The van der Waals surface area contributed by atoms with Crippen molar-refractivity contribution in [1.29, 1.82) is 0 Å². The van der Waals surface area contributed by atoms with E-state index in [1.807, 2.05) is 12.1 Å². The molecule has 2 N–H and O–H groups in total. The second-order valence-corrected chi connectivity index (χ2v) is 4.13. The van der Waals surface area contributed by atoms with Crippen molar-refractivity contribution in [2.75, 3.05) is 12.3 Å². The summed E-state index contributed by atoms with van der Waals surface area (Å²) in [6, 6.07) is 7.33. The molecule has 0 spiro atoms. The van der Waals surface area contributed by atoms with Crippen LogP contribution in [0.2, 0.25) is 5.02 Å². The highest BCUT2D eigenvalue weighted by molar-refractivity contribution is 7.99. The first kappa shape index (κ1) is 10.8. The number of thioether (sulfide) groups is 1. The fourth-order valence-corrected chi connectivity index (χ4v) is 1.75. The lowest BCUT2D eigenvalue weighted by Gasteiger charge is -2.04. The van der Waals surface area contributed by atoms with E-state index in [0.29, 0.717) is 10.8 Å². The van der Waals surface area contributed by atoms with E-state index in [4.69, 9.17) is 17.3 Å². The average molecular weight is 220 g/mol. The van der Waals surface area contributed by atoms with Gasteiger partial charge in [0.05, 0.1) is 0 Å². The Morgan fingerprint density at radius 2 is 2.00 bits per heavy atom. The van der Waals surface area contributed by atoms with Crippen LogP contribution in [-0.2, 0) is 0 Å². The van der Waals surface area contributed by atoms with E-state index in [-0.39, 0.29) is 6.54 Å². The van der Waals surface area contributed by atoms with Crippen LogP contribution in [0, 0.1) is 0 Å². The Morgan fingerprint density at radius 3 is 2.54 bits per heavy atom. The fraction of sp³-hybridized carbons (Fsp3) is 0.333. The van der Waals surface area contributed by atoms with E-state index in [9.17, 15) is 4.39 Å². The molecule has 0 bridgehead atoms. The van der Waals surface area contributed by atoms with Crippen LogP contribution in [0.5, 0.6) is 0 Å². The first-order chi connectivity index (χ1) is 6.22. The van der Waals surface area contributed by atoms with Crippen molar-refractivity contribution in [1.82, 2.24) is 0 Å². The number of benzene rings is 1. The summed E-state index contributed by atoms with van der Waals surface area (Å²) >= 11 is 7.15. The third kappa shape index (κ3) is 3.98. The fourth-order valence-electron chi connectivity index (χ4n) is 0.786. The highest BCUT2D eigenvalue weighted by atomic mass is 35.5. The third-order valence-electron chi connectivity index (χ3n) is 1.50. The first-order valence-corrected chi connectivity index (χ1v) is 5.31. The van der Waals surface area contributed by atoms with Crippen molar-refractivity contribution in [2.24, 2.45) is 5.73 Å². The summed E-state index contributed by atoms with van der Waals surface area (Å²) in [5.74, 6) is 0.401. The van der Waals surface area contributed by atoms with Gasteiger partial charge in [-0.2, -0.15) is 0 Å². The number of hydrogen-bond acceptors (Lipinski definition) is 2. The molecule has 0 radical (unpaired) electrons. The van der Waals surface area contributed by atoms with Crippen LogP contribution in [0.4, 0.5) is 4.39 Å². The molecule has 0 aliphatic rings. The topological polar surface area (TPSA) is 26.0 Å². The van der Waals surface area contributed by atoms with Crippen molar-refractivity contribution >= 4 is 23.4 Å². The van der Waals surface area contributed by atoms with Crippen LogP contribution in [0.1, 0.15) is 0 Å². The summed E-state index contributed by atoms with van der Waals surface area (Å²) in [6.07, 6.45) is -0.930. The Hall–Kier alpha value is -0.250. The normalized spacial score (nSPS) is 12.8. The molecule has 1 unspecified atom stereocenters. The average Bonchev–Trinajstić information content (AvgIpc) is 2.16. The SMILES string of the molecule is NCC(F)CSc1ccc(Cl)cc1. The smallest absolute Gasteiger partial charge is 0.122 e. The summed E-state index contributed by atoms with van der Waals surface area (Å²) < 4.78 is 12.7. The zero-order valence-electron chi connectivity index (χ0n) is 7.04. The maximum absolute atomic E-state index is 12.7. The second kappa shape index (κ2) is 5.47. The molecule has 0 heterocycles. The molecule has 0 amide bonds. The van der Waals surface area contributed by atoms with E-state index in [1.54, 1.807) is 12.1 Å². The molecule has 1 rings (SSSR count). The van der Waals surface area contributed by atoms with Crippen molar-refractivity contribution in [2.45, 2.75) is 11.1 Å². The highest BCUT2D eigenvalue weighted by Crippen LogP contribution is 2.21. The number of hydrogen-bond donors (Lipinski definition) is 1. The minimum Gasteiger partial charge on any atom is -0.328 e. The van der Waals surface area contributed by atoms with E-state index in [1.165, 1.54) is 11.8 Å². The van der Waals surface area contributed by atoms with Crippen molar-refractivity contribution in [3.8, 4) is 0 Å². The van der Waals surface area contributed by atoms with Crippen LogP contribution >= 0.6 is 23.4 Å². The van der Waals surface area contributed by atoms with Gasteiger partial charge in [0.25, 0.3) is 0 Å². The molecule has 0 aromatic heterocycles. The molecule has 1 aromatic carbocycles. The largest absolute Gasteiger partial charge is 0.328 e. The Labute approximate surface area is 86.5 Å². The van der Waals surface area contributed by atoms with Crippen molar-refractivity contribution in [3.63, 3.8) is 0 Å². The number of alkyl halides is 1. The van der Waals surface area contributed by atoms with Gasteiger partial charge < -0.3 is 5.73 Å². The van der Waals surface area contributed by atoms with Gasteiger partial charge >= 0.3 is 0 Å². The maximum Gasteiger partial charge on any atom is 0.122 e. The van der Waals surface area contributed by atoms with E-state index in [0.717, 1.165) is 4.90 Å². The van der Waals surface area contributed by atoms with Gasteiger partial charge in [0.1, 0.15) is 6.17 Å². The first-order valence-electron chi connectivity index (χ1n) is 3.95. The van der Waals surface area contributed by atoms with Crippen molar-refractivity contribution < 1.29 is 4.39 Å². The molecule has 4 heteroatoms. The second-order valence-electron chi connectivity index (χ2n) is 2.60. The van der Waals surface area contributed by atoms with Gasteiger partial charge in [0, 0.05) is 22.2 Å². The number of rotatable bonds is 4. The molecule has 0 fully saturated rings. The minimum atomic E-state index is -0.930. The summed E-state index contributed by atoms with van der Waals surface area (Å²) in [4.78, 5) is 1.01.